The van der Waals surface area contributed by atoms with Crippen molar-refractivity contribution in [3.63, 3.8) is 0 Å². The van der Waals surface area contributed by atoms with Crippen LogP contribution in [0, 0.1) is 0 Å². The Labute approximate surface area is 115 Å². The third-order valence-corrected chi connectivity index (χ3v) is 4.04. The second-order valence-electron chi connectivity index (χ2n) is 5.26. The van der Waals surface area contributed by atoms with Gasteiger partial charge in [-0.3, -0.25) is 4.79 Å². The molecule has 2 aromatic rings. The third-order valence-electron chi connectivity index (χ3n) is 4.04. The summed E-state index contributed by atoms with van der Waals surface area (Å²) in [4.78, 5) is 23.6. The first-order chi connectivity index (χ1) is 9.59. The summed E-state index contributed by atoms with van der Waals surface area (Å²) in [5.74, 6) is -1.20. The smallest absolute Gasteiger partial charge is 0.341 e. The number of carboxylic acids is 1. The van der Waals surface area contributed by atoms with Gasteiger partial charge in [0.15, 0.2) is 0 Å². The maximum Gasteiger partial charge on any atom is 0.341 e. The fourth-order valence-corrected chi connectivity index (χ4v) is 3.06. The van der Waals surface area contributed by atoms with Gasteiger partial charge in [-0.25, -0.2) is 4.79 Å². The minimum absolute atomic E-state index is 0.206. The Kier molecular flexibility index (Phi) is 2.97. The van der Waals surface area contributed by atoms with Crippen molar-refractivity contribution >= 4 is 22.6 Å². The number of hydrogen-bond acceptors (Lipinski definition) is 3. The molecule has 20 heavy (non-hydrogen) atoms. The van der Waals surface area contributed by atoms with Crippen molar-refractivity contribution in [1.82, 2.24) is 4.57 Å². The third kappa shape index (κ3) is 1.86. The highest BCUT2D eigenvalue weighted by molar-refractivity contribution is 5.97. The molecule has 0 atom stereocenters. The van der Waals surface area contributed by atoms with E-state index in [0.717, 1.165) is 31.2 Å². The van der Waals surface area contributed by atoms with Crippen molar-refractivity contribution in [3.8, 4) is 0 Å². The highest BCUT2D eigenvalue weighted by atomic mass is 16.4. The molecule has 0 amide bonds. The molecule has 3 N–H and O–H groups in total. The van der Waals surface area contributed by atoms with Crippen molar-refractivity contribution < 1.29 is 9.90 Å². The van der Waals surface area contributed by atoms with E-state index in [-0.39, 0.29) is 11.6 Å². The Bertz CT molecular complexity index is 743. The monoisotopic (exact) mass is 272 g/mol. The van der Waals surface area contributed by atoms with Crippen LogP contribution < -0.4 is 11.2 Å². The average molecular weight is 272 g/mol. The number of carboxylic acid groups (broad SMARTS) is 1. The molecular weight excluding hydrogens is 256 g/mol. The summed E-state index contributed by atoms with van der Waals surface area (Å²) in [7, 11) is 0. The van der Waals surface area contributed by atoms with Crippen LogP contribution >= 0.6 is 0 Å². The molecule has 1 aliphatic rings. The summed E-state index contributed by atoms with van der Waals surface area (Å²) >= 11 is 0. The molecule has 0 bridgehead atoms. The number of nitrogens with two attached hydrogens (primary N) is 1. The summed E-state index contributed by atoms with van der Waals surface area (Å²) in [6, 6.07) is 5.51. The zero-order chi connectivity index (χ0) is 14.3. The maximum absolute atomic E-state index is 12.3. The van der Waals surface area contributed by atoms with Gasteiger partial charge in [-0.2, -0.15) is 0 Å². The lowest BCUT2D eigenvalue weighted by molar-refractivity contribution is 0.0694. The lowest BCUT2D eigenvalue weighted by Gasteiger charge is -2.19. The van der Waals surface area contributed by atoms with Crippen LogP contribution in [0.25, 0.3) is 10.9 Å². The molecule has 1 aromatic heterocycles. The molecule has 3 rings (SSSR count). The number of nitrogens with zero attached hydrogens (tertiary/aromatic N) is 1. The molecule has 0 aliphatic heterocycles. The number of pyridine rings is 1. The summed E-state index contributed by atoms with van der Waals surface area (Å²) in [6.07, 6.45) is 5.74. The normalized spacial score (nSPS) is 15.8. The zero-order valence-electron chi connectivity index (χ0n) is 11.0. The predicted molar refractivity (Wildman–Crippen MR) is 77.1 cm³/mol. The quantitative estimate of drug-likeness (QED) is 0.822. The Hall–Kier alpha value is -2.30. The van der Waals surface area contributed by atoms with E-state index >= 15 is 0 Å². The SMILES string of the molecule is Nc1cccc2c1c(=O)c(C(=O)O)cn2C1CCCC1. The van der Waals surface area contributed by atoms with Crippen LogP contribution in [0.3, 0.4) is 0 Å². The van der Waals surface area contributed by atoms with E-state index in [4.69, 9.17) is 5.73 Å². The van der Waals surface area contributed by atoms with Crippen LogP contribution in [0.1, 0.15) is 42.1 Å². The Morgan fingerprint density at radius 3 is 2.65 bits per heavy atom. The molecule has 5 heteroatoms. The molecule has 104 valence electrons. The topological polar surface area (TPSA) is 85.3 Å². The van der Waals surface area contributed by atoms with Crippen LogP contribution in [-0.4, -0.2) is 15.6 Å². The van der Waals surface area contributed by atoms with Gasteiger partial charge in [-0.1, -0.05) is 18.9 Å². The van der Waals surface area contributed by atoms with Gasteiger partial charge < -0.3 is 15.4 Å². The van der Waals surface area contributed by atoms with Gasteiger partial charge in [0, 0.05) is 17.9 Å². The highest BCUT2D eigenvalue weighted by Crippen LogP contribution is 2.32. The minimum atomic E-state index is -1.20. The van der Waals surface area contributed by atoms with Crippen LogP contribution in [0.4, 0.5) is 5.69 Å². The number of hydrogen-bond donors (Lipinski definition) is 2. The summed E-state index contributed by atoms with van der Waals surface area (Å²) < 4.78 is 1.92. The van der Waals surface area contributed by atoms with Gasteiger partial charge in [0.05, 0.1) is 10.9 Å². The first kappa shape index (κ1) is 12.7. The van der Waals surface area contributed by atoms with Gasteiger partial charge in [-0.15, -0.1) is 0 Å². The summed E-state index contributed by atoms with van der Waals surface area (Å²) in [5.41, 5.74) is 6.25. The van der Waals surface area contributed by atoms with Crippen LogP contribution in [0.15, 0.2) is 29.2 Å². The average Bonchev–Trinajstić information content (AvgIpc) is 2.92. The van der Waals surface area contributed by atoms with E-state index in [1.54, 1.807) is 12.1 Å². The van der Waals surface area contributed by atoms with E-state index in [0.29, 0.717) is 11.1 Å². The van der Waals surface area contributed by atoms with E-state index < -0.39 is 11.4 Å². The van der Waals surface area contributed by atoms with E-state index in [9.17, 15) is 14.7 Å². The molecule has 5 nitrogen and oxygen atoms in total. The number of rotatable bonds is 2. The van der Waals surface area contributed by atoms with E-state index in [1.807, 2.05) is 10.6 Å². The van der Waals surface area contributed by atoms with E-state index in [1.165, 1.54) is 6.20 Å². The van der Waals surface area contributed by atoms with Crippen molar-refractivity contribution in [2.75, 3.05) is 5.73 Å². The Balaban J connectivity index is 2.38. The fraction of sp³-hybridized carbons (Fsp3) is 0.333. The highest BCUT2D eigenvalue weighted by Gasteiger charge is 2.22. The van der Waals surface area contributed by atoms with Crippen molar-refractivity contribution in [3.05, 3.63) is 40.2 Å². The molecule has 1 heterocycles. The predicted octanol–water partition coefficient (Wildman–Crippen LogP) is 2.40. The zero-order valence-corrected chi connectivity index (χ0v) is 11.0. The maximum atomic E-state index is 12.3. The van der Waals surface area contributed by atoms with Gasteiger partial charge in [0.25, 0.3) is 0 Å². The van der Waals surface area contributed by atoms with Gasteiger partial charge in [-0.05, 0) is 25.0 Å². The van der Waals surface area contributed by atoms with E-state index in [2.05, 4.69) is 0 Å². The molecule has 1 saturated carbocycles. The van der Waals surface area contributed by atoms with Crippen LogP contribution in [-0.2, 0) is 0 Å². The number of aromatic nitrogens is 1. The Morgan fingerprint density at radius 2 is 2.00 bits per heavy atom. The molecule has 0 spiro atoms. The number of anilines is 1. The van der Waals surface area contributed by atoms with Crippen molar-refractivity contribution in [2.45, 2.75) is 31.7 Å². The molecule has 0 radical (unpaired) electrons. The van der Waals surface area contributed by atoms with Crippen LogP contribution in [0.5, 0.6) is 0 Å². The molecule has 0 unspecified atom stereocenters. The first-order valence-corrected chi connectivity index (χ1v) is 6.76. The number of carbonyl (C=O) groups is 1. The number of aromatic carboxylic acids is 1. The Morgan fingerprint density at radius 1 is 1.30 bits per heavy atom. The number of nitrogen functional groups attached to an aromatic ring is 1. The fourth-order valence-electron chi connectivity index (χ4n) is 3.06. The molecular formula is C15H16N2O3. The minimum Gasteiger partial charge on any atom is -0.477 e. The second kappa shape index (κ2) is 4.67. The van der Waals surface area contributed by atoms with Crippen molar-refractivity contribution in [2.24, 2.45) is 0 Å². The summed E-state index contributed by atoms with van der Waals surface area (Å²) in [6.45, 7) is 0. The van der Waals surface area contributed by atoms with Gasteiger partial charge in [0.1, 0.15) is 5.56 Å². The number of benzene rings is 1. The molecule has 1 aliphatic carbocycles. The van der Waals surface area contributed by atoms with Crippen molar-refractivity contribution in [1.29, 1.82) is 0 Å². The molecule has 1 fully saturated rings. The summed E-state index contributed by atoms with van der Waals surface area (Å²) in [5, 5.41) is 9.55. The largest absolute Gasteiger partial charge is 0.477 e. The number of fused-ring (bicyclic) bond motifs is 1. The molecule has 0 saturated heterocycles. The lowest BCUT2D eigenvalue weighted by Crippen LogP contribution is -2.21. The molecule has 1 aromatic carbocycles. The van der Waals surface area contributed by atoms with Crippen LogP contribution in [0.2, 0.25) is 0 Å². The van der Waals surface area contributed by atoms with Gasteiger partial charge >= 0.3 is 5.97 Å². The standard InChI is InChI=1S/C15H16N2O3/c16-11-6-3-7-12-13(11)14(18)10(15(19)20)8-17(12)9-4-1-2-5-9/h3,6-9H,1-2,4-5,16H2,(H,19,20). The van der Waals surface area contributed by atoms with Gasteiger partial charge in [0.2, 0.25) is 5.43 Å². The second-order valence-corrected chi connectivity index (χ2v) is 5.26. The first-order valence-electron chi connectivity index (χ1n) is 6.76. The lowest BCUT2D eigenvalue weighted by atomic mass is 10.1.